The van der Waals surface area contributed by atoms with Crippen LogP contribution in [0.4, 0.5) is 8.78 Å². The third-order valence-electron chi connectivity index (χ3n) is 1.51. The van der Waals surface area contributed by atoms with Crippen LogP contribution in [0.5, 0.6) is 0 Å². The first-order valence-corrected chi connectivity index (χ1v) is 4.63. The van der Waals surface area contributed by atoms with Gasteiger partial charge in [-0.15, -0.1) is 0 Å². The zero-order valence-corrected chi connectivity index (χ0v) is 8.86. The fourth-order valence-electron chi connectivity index (χ4n) is 0.811. The number of ether oxygens (including phenoxy) is 1. The van der Waals surface area contributed by atoms with E-state index in [1.165, 1.54) is 0 Å². The topological polar surface area (TPSA) is 26.3 Å². The number of hydrogen-bond donors (Lipinski definition) is 0. The van der Waals surface area contributed by atoms with E-state index in [9.17, 15) is 13.6 Å². The molecule has 0 aliphatic heterocycles. The first-order chi connectivity index (χ1) is 6.89. The number of hydrogen-bond acceptors (Lipinski definition) is 2. The predicted octanol–water partition coefficient (Wildman–Crippen LogP) is 3.21. The van der Waals surface area contributed by atoms with Crippen molar-refractivity contribution in [3.8, 4) is 0 Å². The predicted molar refractivity (Wildman–Crippen MR) is 52.0 cm³/mol. The van der Waals surface area contributed by atoms with Gasteiger partial charge in [-0.05, 0) is 29.3 Å². The Morgan fingerprint density at radius 2 is 1.87 bits per heavy atom. The van der Waals surface area contributed by atoms with Crippen molar-refractivity contribution in [3.63, 3.8) is 0 Å². The van der Waals surface area contributed by atoms with Crippen LogP contribution in [0.15, 0.2) is 24.3 Å². The van der Waals surface area contributed by atoms with Crippen LogP contribution in [0.25, 0.3) is 0 Å². The van der Waals surface area contributed by atoms with E-state index in [-0.39, 0.29) is 6.61 Å². The Morgan fingerprint density at radius 3 is 2.33 bits per heavy atom. The maximum absolute atomic E-state index is 12.2. The molecule has 1 aromatic rings. The second kappa shape index (κ2) is 4.77. The van der Waals surface area contributed by atoms with Gasteiger partial charge >= 0.3 is 11.4 Å². The van der Waals surface area contributed by atoms with Crippen LogP contribution in [0, 0.1) is 0 Å². The standard InChI is InChI=1S/C9H6Cl2F2O2/c10-7-3-1-6(2-4-7)5-15-8(14)9(11,12)13/h1-4H,5H2. The van der Waals surface area contributed by atoms with E-state index in [1.54, 1.807) is 24.3 Å². The maximum atomic E-state index is 12.2. The third-order valence-corrected chi connectivity index (χ3v) is 1.92. The number of rotatable bonds is 3. The van der Waals surface area contributed by atoms with Gasteiger partial charge < -0.3 is 4.74 Å². The number of carbonyl (C=O) groups excluding carboxylic acids is 1. The molecule has 0 aliphatic carbocycles. The minimum absolute atomic E-state index is 0.266. The Bertz CT molecular complexity index is 346. The largest absolute Gasteiger partial charge is 0.455 e. The van der Waals surface area contributed by atoms with Crippen molar-refractivity contribution < 1.29 is 18.3 Å². The van der Waals surface area contributed by atoms with Crippen molar-refractivity contribution in [1.29, 1.82) is 0 Å². The number of benzene rings is 1. The Labute approximate surface area is 94.7 Å². The molecule has 0 atom stereocenters. The Morgan fingerprint density at radius 1 is 1.33 bits per heavy atom. The molecule has 0 radical (unpaired) electrons. The lowest BCUT2D eigenvalue weighted by atomic mass is 10.2. The molecule has 0 amide bonds. The summed E-state index contributed by atoms with van der Waals surface area (Å²) in [4.78, 5) is 10.6. The van der Waals surface area contributed by atoms with Crippen molar-refractivity contribution in [2.45, 2.75) is 12.0 Å². The van der Waals surface area contributed by atoms with Gasteiger partial charge in [-0.2, -0.15) is 8.78 Å². The van der Waals surface area contributed by atoms with E-state index in [2.05, 4.69) is 16.3 Å². The summed E-state index contributed by atoms with van der Waals surface area (Å²) in [6.45, 7) is -0.266. The fraction of sp³-hybridized carbons (Fsp3) is 0.222. The highest BCUT2D eigenvalue weighted by Gasteiger charge is 2.37. The summed E-state index contributed by atoms with van der Waals surface area (Å²) in [5.74, 6) is -1.76. The molecule has 0 unspecified atom stereocenters. The zero-order valence-electron chi connectivity index (χ0n) is 7.34. The summed E-state index contributed by atoms with van der Waals surface area (Å²) < 4.78 is 28.6. The van der Waals surface area contributed by atoms with Crippen LogP contribution in [0.1, 0.15) is 5.56 Å². The first kappa shape index (κ1) is 12.2. The van der Waals surface area contributed by atoms with Gasteiger partial charge in [0, 0.05) is 5.02 Å². The van der Waals surface area contributed by atoms with E-state index in [1.807, 2.05) is 0 Å². The van der Waals surface area contributed by atoms with Crippen LogP contribution in [0.3, 0.4) is 0 Å². The summed E-state index contributed by atoms with van der Waals surface area (Å²) in [5, 5.41) is -3.47. The zero-order chi connectivity index (χ0) is 11.5. The molecule has 0 saturated heterocycles. The molecule has 2 nitrogen and oxygen atoms in total. The molecule has 1 aromatic carbocycles. The number of carbonyl (C=O) groups is 1. The van der Waals surface area contributed by atoms with Crippen LogP contribution in [-0.2, 0) is 16.1 Å². The number of esters is 1. The van der Waals surface area contributed by atoms with Gasteiger partial charge in [0.25, 0.3) is 0 Å². The molecule has 6 heteroatoms. The van der Waals surface area contributed by atoms with Crippen LogP contribution in [-0.4, -0.2) is 11.4 Å². The molecule has 1 rings (SSSR count). The number of alkyl halides is 3. The molecule has 82 valence electrons. The second-order valence-corrected chi connectivity index (χ2v) is 3.61. The van der Waals surface area contributed by atoms with E-state index in [4.69, 9.17) is 11.6 Å². The molecule has 0 aromatic heterocycles. The van der Waals surface area contributed by atoms with E-state index in [0.717, 1.165) is 0 Å². The molecular weight excluding hydrogens is 249 g/mol. The molecule has 0 heterocycles. The quantitative estimate of drug-likeness (QED) is 0.612. The molecule has 15 heavy (non-hydrogen) atoms. The van der Waals surface area contributed by atoms with Crippen molar-refractivity contribution in [2.24, 2.45) is 0 Å². The lowest BCUT2D eigenvalue weighted by Crippen LogP contribution is -2.23. The molecule has 0 fully saturated rings. The monoisotopic (exact) mass is 254 g/mol. The molecule has 0 saturated carbocycles. The Kier molecular flexibility index (Phi) is 3.88. The minimum Gasteiger partial charge on any atom is -0.455 e. The minimum atomic E-state index is -3.98. The van der Waals surface area contributed by atoms with Gasteiger partial charge in [0.2, 0.25) is 0 Å². The molecule has 0 aliphatic rings. The van der Waals surface area contributed by atoms with Gasteiger partial charge in [0.05, 0.1) is 0 Å². The van der Waals surface area contributed by atoms with E-state index >= 15 is 0 Å². The molecule has 0 spiro atoms. The average Bonchev–Trinajstić information content (AvgIpc) is 2.15. The molecular formula is C9H6Cl2F2O2. The lowest BCUT2D eigenvalue weighted by Gasteiger charge is -2.08. The normalized spacial score (nSPS) is 11.2. The highest BCUT2D eigenvalue weighted by molar-refractivity contribution is 6.31. The van der Waals surface area contributed by atoms with Crippen LogP contribution >= 0.6 is 23.2 Å². The average molecular weight is 255 g/mol. The van der Waals surface area contributed by atoms with Crippen LogP contribution < -0.4 is 0 Å². The Balaban J connectivity index is 2.51. The van der Waals surface area contributed by atoms with Gasteiger partial charge in [-0.3, -0.25) is 0 Å². The fourth-order valence-corrected chi connectivity index (χ4v) is 0.992. The first-order valence-electron chi connectivity index (χ1n) is 3.88. The molecule has 0 N–H and O–H groups in total. The SMILES string of the molecule is O=C(OCc1ccc(Cl)cc1)C(F)(F)Cl. The van der Waals surface area contributed by atoms with E-state index < -0.39 is 11.4 Å². The van der Waals surface area contributed by atoms with Gasteiger partial charge in [0.15, 0.2) is 0 Å². The van der Waals surface area contributed by atoms with Gasteiger partial charge in [-0.25, -0.2) is 4.79 Å². The summed E-state index contributed by atoms with van der Waals surface area (Å²) in [6, 6.07) is 6.23. The summed E-state index contributed by atoms with van der Waals surface area (Å²) >= 11 is 10.0. The number of halogens is 4. The highest BCUT2D eigenvalue weighted by Crippen LogP contribution is 2.21. The van der Waals surface area contributed by atoms with Crippen molar-refractivity contribution >= 4 is 29.2 Å². The highest BCUT2D eigenvalue weighted by atomic mass is 35.5. The van der Waals surface area contributed by atoms with Gasteiger partial charge in [0.1, 0.15) is 6.61 Å². The summed E-state index contributed by atoms with van der Waals surface area (Å²) in [5.41, 5.74) is 0.550. The summed E-state index contributed by atoms with van der Waals surface area (Å²) in [6.07, 6.45) is 0. The maximum Gasteiger partial charge on any atom is 0.417 e. The smallest absolute Gasteiger partial charge is 0.417 e. The van der Waals surface area contributed by atoms with Crippen molar-refractivity contribution in [2.75, 3.05) is 0 Å². The Hall–Kier alpha value is -0.870. The lowest BCUT2D eigenvalue weighted by molar-refractivity contribution is -0.162. The third kappa shape index (κ3) is 4.01. The summed E-state index contributed by atoms with van der Waals surface area (Å²) in [7, 11) is 0. The second-order valence-electron chi connectivity index (χ2n) is 2.70. The van der Waals surface area contributed by atoms with Crippen LogP contribution in [0.2, 0.25) is 5.02 Å². The van der Waals surface area contributed by atoms with Gasteiger partial charge in [-0.1, -0.05) is 23.7 Å². The molecule has 0 bridgehead atoms. The van der Waals surface area contributed by atoms with E-state index in [0.29, 0.717) is 10.6 Å². The van der Waals surface area contributed by atoms with Crippen molar-refractivity contribution in [3.05, 3.63) is 34.9 Å². The van der Waals surface area contributed by atoms with Crippen molar-refractivity contribution in [1.82, 2.24) is 0 Å².